The van der Waals surface area contributed by atoms with Crippen molar-refractivity contribution in [2.75, 3.05) is 23.3 Å². The highest BCUT2D eigenvalue weighted by molar-refractivity contribution is 7.99. The highest BCUT2D eigenvalue weighted by Crippen LogP contribution is 2.27. The number of para-hydroxylation sites is 1. The lowest BCUT2D eigenvalue weighted by atomic mass is 10.1. The molecule has 0 radical (unpaired) electrons. The number of benzene rings is 1. The third-order valence-electron chi connectivity index (χ3n) is 3.13. The van der Waals surface area contributed by atoms with Crippen molar-refractivity contribution in [3.8, 4) is 0 Å². The second-order valence-electron chi connectivity index (χ2n) is 4.44. The lowest BCUT2D eigenvalue weighted by Crippen LogP contribution is -2.20. The van der Waals surface area contributed by atoms with E-state index in [1.807, 2.05) is 17.8 Å². The Morgan fingerprint density at radius 2 is 2.33 bits per heavy atom. The maximum absolute atomic E-state index is 11.0. The van der Waals surface area contributed by atoms with Crippen molar-refractivity contribution in [2.24, 2.45) is 0 Å². The second-order valence-corrected chi connectivity index (χ2v) is 5.85. The average Bonchev–Trinajstić information content (AvgIpc) is 2.38. The molecule has 0 aliphatic carbocycles. The van der Waals surface area contributed by atoms with E-state index in [9.17, 15) is 4.79 Å². The zero-order valence-corrected chi connectivity index (χ0v) is 11.0. The summed E-state index contributed by atoms with van der Waals surface area (Å²) in [4.78, 5) is 11.0. The molecule has 5 heteroatoms. The molecule has 1 fully saturated rings. The highest BCUT2D eigenvalue weighted by Gasteiger charge is 2.15. The quantitative estimate of drug-likeness (QED) is 0.730. The molecule has 0 aromatic heterocycles. The molecule has 98 valence electrons. The summed E-state index contributed by atoms with van der Waals surface area (Å²) in [5.41, 5.74) is 7.06. The number of hydrogen-bond donors (Lipinski definition) is 3. The molecule has 1 aliphatic heterocycles. The Labute approximate surface area is 111 Å². The molecule has 2 rings (SSSR count). The number of aromatic carboxylic acids is 1. The molecule has 1 atom stereocenters. The number of hydrogen-bond acceptors (Lipinski definition) is 4. The Morgan fingerprint density at radius 1 is 1.50 bits per heavy atom. The van der Waals surface area contributed by atoms with Gasteiger partial charge in [0, 0.05) is 11.8 Å². The van der Waals surface area contributed by atoms with Crippen LogP contribution >= 0.6 is 11.8 Å². The predicted molar refractivity (Wildman–Crippen MR) is 76.4 cm³/mol. The maximum Gasteiger partial charge on any atom is 0.337 e. The summed E-state index contributed by atoms with van der Waals surface area (Å²) in [5, 5.41) is 12.9. The molecule has 1 heterocycles. The van der Waals surface area contributed by atoms with Crippen molar-refractivity contribution < 1.29 is 9.90 Å². The zero-order chi connectivity index (χ0) is 13.0. The number of nitrogen functional groups attached to an aromatic ring is 1. The SMILES string of the molecule is Nc1c(NCC2CCCCS2)cccc1C(=O)O. The second kappa shape index (κ2) is 6.00. The van der Waals surface area contributed by atoms with E-state index >= 15 is 0 Å². The average molecular weight is 266 g/mol. The minimum absolute atomic E-state index is 0.163. The number of carbonyl (C=O) groups is 1. The van der Waals surface area contributed by atoms with Gasteiger partial charge >= 0.3 is 5.97 Å². The van der Waals surface area contributed by atoms with Gasteiger partial charge in [0.25, 0.3) is 0 Å². The first-order valence-electron chi connectivity index (χ1n) is 6.15. The zero-order valence-electron chi connectivity index (χ0n) is 10.2. The molecule has 1 aromatic carbocycles. The van der Waals surface area contributed by atoms with Crippen LogP contribution in [0, 0.1) is 0 Å². The highest BCUT2D eigenvalue weighted by atomic mass is 32.2. The lowest BCUT2D eigenvalue weighted by molar-refractivity contribution is 0.0698. The van der Waals surface area contributed by atoms with Gasteiger partial charge in [0.15, 0.2) is 0 Å². The lowest BCUT2D eigenvalue weighted by Gasteiger charge is -2.22. The minimum Gasteiger partial charge on any atom is -0.478 e. The number of nitrogens with two attached hydrogens (primary N) is 1. The Morgan fingerprint density at radius 3 is 3.00 bits per heavy atom. The Kier molecular flexibility index (Phi) is 4.36. The fourth-order valence-electron chi connectivity index (χ4n) is 2.10. The fourth-order valence-corrected chi connectivity index (χ4v) is 3.34. The van der Waals surface area contributed by atoms with Gasteiger partial charge in [0.2, 0.25) is 0 Å². The third-order valence-corrected chi connectivity index (χ3v) is 4.53. The summed E-state index contributed by atoms with van der Waals surface area (Å²) < 4.78 is 0. The van der Waals surface area contributed by atoms with E-state index in [4.69, 9.17) is 10.8 Å². The first kappa shape index (κ1) is 13.1. The molecule has 0 amide bonds. The van der Waals surface area contributed by atoms with Crippen LogP contribution in [-0.4, -0.2) is 28.6 Å². The normalized spacial score (nSPS) is 19.4. The van der Waals surface area contributed by atoms with E-state index in [1.54, 1.807) is 6.07 Å². The van der Waals surface area contributed by atoms with Crippen molar-refractivity contribution in [3.63, 3.8) is 0 Å². The van der Waals surface area contributed by atoms with Gasteiger partial charge in [0.05, 0.1) is 16.9 Å². The van der Waals surface area contributed by atoms with Gasteiger partial charge in [-0.15, -0.1) is 0 Å². The van der Waals surface area contributed by atoms with Gasteiger partial charge in [-0.3, -0.25) is 0 Å². The maximum atomic E-state index is 11.0. The van der Waals surface area contributed by atoms with E-state index in [-0.39, 0.29) is 5.56 Å². The number of thioether (sulfide) groups is 1. The van der Waals surface area contributed by atoms with Crippen molar-refractivity contribution in [2.45, 2.75) is 24.5 Å². The van der Waals surface area contributed by atoms with Crippen molar-refractivity contribution in [1.82, 2.24) is 0 Å². The molecule has 1 aromatic rings. The van der Waals surface area contributed by atoms with Crippen LogP contribution in [0.1, 0.15) is 29.6 Å². The monoisotopic (exact) mass is 266 g/mol. The van der Waals surface area contributed by atoms with E-state index in [0.717, 1.165) is 12.2 Å². The first-order valence-corrected chi connectivity index (χ1v) is 7.20. The molecular weight excluding hydrogens is 248 g/mol. The van der Waals surface area contributed by atoms with E-state index in [0.29, 0.717) is 10.9 Å². The smallest absolute Gasteiger partial charge is 0.337 e. The standard InChI is InChI=1S/C13H18N2O2S/c14-12-10(13(16)17)5-3-6-11(12)15-8-9-4-1-2-7-18-9/h3,5-6,9,15H,1-2,4,7-8,14H2,(H,16,17). The number of anilines is 2. The number of nitrogens with one attached hydrogen (secondary N) is 1. The fraction of sp³-hybridized carbons (Fsp3) is 0.462. The summed E-state index contributed by atoms with van der Waals surface area (Å²) in [6.45, 7) is 0.845. The van der Waals surface area contributed by atoms with Gasteiger partial charge in [-0.25, -0.2) is 4.79 Å². The first-order chi connectivity index (χ1) is 8.68. The van der Waals surface area contributed by atoms with Crippen LogP contribution in [0.5, 0.6) is 0 Å². The predicted octanol–water partition coefficient (Wildman–Crippen LogP) is 2.66. The molecule has 4 N–H and O–H groups in total. The summed E-state index contributed by atoms with van der Waals surface area (Å²) in [7, 11) is 0. The molecular formula is C13H18N2O2S. The summed E-state index contributed by atoms with van der Waals surface area (Å²) in [5.74, 6) is 0.236. The molecule has 1 unspecified atom stereocenters. The molecule has 18 heavy (non-hydrogen) atoms. The van der Waals surface area contributed by atoms with Crippen LogP contribution in [0.4, 0.5) is 11.4 Å². The van der Waals surface area contributed by atoms with Crippen LogP contribution in [0.25, 0.3) is 0 Å². The summed E-state index contributed by atoms with van der Waals surface area (Å²) >= 11 is 1.98. The van der Waals surface area contributed by atoms with Crippen molar-refractivity contribution in [3.05, 3.63) is 23.8 Å². The van der Waals surface area contributed by atoms with E-state index < -0.39 is 5.97 Å². The number of carboxylic acid groups (broad SMARTS) is 1. The molecule has 1 saturated heterocycles. The van der Waals surface area contributed by atoms with Crippen LogP contribution in [0.3, 0.4) is 0 Å². The molecule has 4 nitrogen and oxygen atoms in total. The number of carboxylic acids is 1. The Hall–Kier alpha value is -1.36. The van der Waals surface area contributed by atoms with Crippen LogP contribution in [0.2, 0.25) is 0 Å². The molecule has 0 bridgehead atoms. The van der Waals surface area contributed by atoms with Crippen molar-refractivity contribution in [1.29, 1.82) is 0 Å². The summed E-state index contributed by atoms with van der Waals surface area (Å²) in [6.07, 6.45) is 3.80. The van der Waals surface area contributed by atoms with E-state index in [1.165, 1.54) is 31.1 Å². The van der Waals surface area contributed by atoms with Crippen LogP contribution < -0.4 is 11.1 Å². The van der Waals surface area contributed by atoms with Gasteiger partial charge in [-0.2, -0.15) is 11.8 Å². The molecule has 1 aliphatic rings. The van der Waals surface area contributed by atoms with Gasteiger partial charge in [0.1, 0.15) is 0 Å². The summed E-state index contributed by atoms with van der Waals surface area (Å²) in [6, 6.07) is 5.07. The Bertz CT molecular complexity index is 431. The van der Waals surface area contributed by atoms with Gasteiger partial charge in [-0.05, 0) is 30.7 Å². The topological polar surface area (TPSA) is 75.3 Å². The van der Waals surface area contributed by atoms with Gasteiger partial charge < -0.3 is 16.2 Å². The minimum atomic E-state index is -0.983. The van der Waals surface area contributed by atoms with E-state index in [2.05, 4.69) is 5.32 Å². The Balaban J connectivity index is 2.00. The molecule has 0 spiro atoms. The largest absolute Gasteiger partial charge is 0.478 e. The van der Waals surface area contributed by atoms with Crippen LogP contribution in [0.15, 0.2) is 18.2 Å². The third kappa shape index (κ3) is 3.10. The number of rotatable bonds is 4. The molecule has 0 saturated carbocycles. The van der Waals surface area contributed by atoms with Crippen molar-refractivity contribution >= 4 is 29.1 Å². The van der Waals surface area contributed by atoms with Gasteiger partial charge in [-0.1, -0.05) is 12.5 Å². The van der Waals surface area contributed by atoms with Crippen LogP contribution in [-0.2, 0) is 0 Å².